The van der Waals surface area contributed by atoms with Gasteiger partial charge >= 0.3 is 0 Å². The summed E-state index contributed by atoms with van der Waals surface area (Å²) in [6.45, 7) is 0. The van der Waals surface area contributed by atoms with Gasteiger partial charge in [-0.2, -0.15) is 0 Å². The van der Waals surface area contributed by atoms with Crippen molar-refractivity contribution < 1.29 is 0 Å². The first-order chi connectivity index (χ1) is 8.36. The summed E-state index contributed by atoms with van der Waals surface area (Å²) in [5.41, 5.74) is 8.99. The third-order valence-electron chi connectivity index (χ3n) is 2.84. The van der Waals surface area contributed by atoms with Crippen molar-refractivity contribution in [3.8, 4) is 11.1 Å². The van der Waals surface area contributed by atoms with Crippen LogP contribution in [-0.4, -0.2) is 9.97 Å². The Morgan fingerprint density at radius 1 is 0.765 bits per heavy atom. The number of anilines is 1. The minimum Gasteiger partial charge on any atom is -0.398 e. The number of hydrogen-bond donors (Lipinski definition) is 1. The second-order valence-corrected chi connectivity index (χ2v) is 3.86. The lowest BCUT2D eigenvalue weighted by Gasteiger charge is -2.08. The Morgan fingerprint density at radius 2 is 1.53 bits per heavy atom. The van der Waals surface area contributed by atoms with Crippen LogP contribution in [0.3, 0.4) is 0 Å². The average Bonchev–Trinajstić information content (AvgIpc) is 2.41. The summed E-state index contributed by atoms with van der Waals surface area (Å²) in [4.78, 5) is 8.15. The Labute approximate surface area is 98.9 Å². The van der Waals surface area contributed by atoms with Crippen molar-refractivity contribution in [3.05, 3.63) is 55.1 Å². The molecule has 2 N–H and O–H groups in total. The summed E-state index contributed by atoms with van der Waals surface area (Å²) in [5, 5.41) is 2.10. The van der Waals surface area contributed by atoms with Crippen molar-refractivity contribution in [2.24, 2.45) is 0 Å². The molecule has 0 saturated carbocycles. The van der Waals surface area contributed by atoms with Crippen LogP contribution in [0.1, 0.15) is 0 Å². The van der Waals surface area contributed by atoms with Crippen LogP contribution < -0.4 is 5.73 Å². The van der Waals surface area contributed by atoms with Gasteiger partial charge < -0.3 is 5.73 Å². The van der Waals surface area contributed by atoms with Gasteiger partial charge in [-0.05, 0) is 40.8 Å². The van der Waals surface area contributed by atoms with E-state index in [0.29, 0.717) is 0 Å². The number of hydrogen-bond acceptors (Lipinski definition) is 3. The number of fused-ring (bicyclic) bond motifs is 1. The molecule has 0 atom stereocenters. The first-order valence-electron chi connectivity index (χ1n) is 5.39. The summed E-state index contributed by atoms with van der Waals surface area (Å²) < 4.78 is 0. The monoisotopic (exact) mass is 221 g/mol. The molecule has 0 fully saturated rings. The first kappa shape index (κ1) is 9.78. The van der Waals surface area contributed by atoms with E-state index in [9.17, 15) is 0 Å². The van der Waals surface area contributed by atoms with Gasteiger partial charge in [-0.25, -0.2) is 0 Å². The number of nitrogens with zero attached hydrogens (tertiary/aromatic N) is 2. The van der Waals surface area contributed by atoms with E-state index in [1.54, 1.807) is 24.8 Å². The van der Waals surface area contributed by atoms with Crippen LogP contribution in [0.15, 0.2) is 55.1 Å². The fraction of sp³-hybridized carbons (Fsp3) is 0. The molecular formula is C14H11N3. The summed E-state index contributed by atoms with van der Waals surface area (Å²) in [7, 11) is 0. The van der Waals surface area contributed by atoms with Gasteiger partial charge in [0.2, 0.25) is 0 Å². The summed E-state index contributed by atoms with van der Waals surface area (Å²) >= 11 is 0. The minimum absolute atomic E-state index is 0.755. The van der Waals surface area contributed by atoms with Crippen LogP contribution in [0.5, 0.6) is 0 Å². The lowest BCUT2D eigenvalue weighted by molar-refractivity contribution is 1.33. The van der Waals surface area contributed by atoms with Crippen LogP contribution in [0.25, 0.3) is 21.9 Å². The van der Waals surface area contributed by atoms with Crippen molar-refractivity contribution in [2.75, 3.05) is 5.73 Å². The van der Waals surface area contributed by atoms with Gasteiger partial charge in [0.15, 0.2) is 0 Å². The molecule has 0 bridgehead atoms. The number of rotatable bonds is 1. The quantitative estimate of drug-likeness (QED) is 0.643. The van der Waals surface area contributed by atoms with Crippen molar-refractivity contribution in [1.82, 2.24) is 9.97 Å². The van der Waals surface area contributed by atoms with Gasteiger partial charge in [0.25, 0.3) is 0 Å². The van der Waals surface area contributed by atoms with Gasteiger partial charge in [0, 0.05) is 35.9 Å². The topological polar surface area (TPSA) is 51.8 Å². The number of pyridine rings is 2. The Bertz CT molecular complexity index is 663. The molecule has 1 aromatic carbocycles. The fourth-order valence-corrected chi connectivity index (χ4v) is 2.00. The summed E-state index contributed by atoms with van der Waals surface area (Å²) in [6.07, 6.45) is 7.17. The van der Waals surface area contributed by atoms with Gasteiger partial charge in [0.05, 0.1) is 0 Å². The highest BCUT2D eigenvalue weighted by atomic mass is 14.6. The highest BCUT2D eigenvalue weighted by Crippen LogP contribution is 2.30. The number of aromatic nitrogens is 2. The van der Waals surface area contributed by atoms with Crippen LogP contribution in [-0.2, 0) is 0 Å². The predicted molar refractivity (Wildman–Crippen MR) is 69.4 cm³/mol. The minimum atomic E-state index is 0.755. The van der Waals surface area contributed by atoms with Crippen molar-refractivity contribution >= 4 is 16.5 Å². The van der Waals surface area contributed by atoms with Crippen LogP contribution in [0, 0.1) is 0 Å². The van der Waals surface area contributed by atoms with Crippen LogP contribution >= 0.6 is 0 Å². The largest absolute Gasteiger partial charge is 0.398 e. The van der Waals surface area contributed by atoms with Gasteiger partial charge in [-0.1, -0.05) is 6.07 Å². The fourth-order valence-electron chi connectivity index (χ4n) is 2.00. The molecule has 2 heterocycles. The molecule has 0 saturated heterocycles. The molecular weight excluding hydrogens is 210 g/mol. The molecule has 0 aliphatic carbocycles. The zero-order chi connectivity index (χ0) is 11.7. The van der Waals surface area contributed by atoms with Gasteiger partial charge in [-0.15, -0.1) is 0 Å². The predicted octanol–water partition coefficient (Wildman–Crippen LogP) is 2.88. The maximum absolute atomic E-state index is 5.95. The van der Waals surface area contributed by atoms with E-state index in [4.69, 9.17) is 5.73 Å². The highest BCUT2D eigenvalue weighted by molar-refractivity contribution is 6.02. The van der Waals surface area contributed by atoms with E-state index >= 15 is 0 Å². The molecule has 0 amide bonds. The van der Waals surface area contributed by atoms with Crippen LogP contribution in [0.4, 0.5) is 5.69 Å². The standard InChI is InChI=1S/C14H11N3/c15-14-2-1-11(10-3-6-16-7-4-10)12-5-8-17-9-13(12)14/h1-9H,15H2. The van der Waals surface area contributed by atoms with Gasteiger partial charge in [-0.3, -0.25) is 9.97 Å². The zero-order valence-corrected chi connectivity index (χ0v) is 9.17. The lowest BCUT2D eigenvalue weighted by Crippen LogP contribution is -1.90. The number of benzene rings is 1. The number of nitrogens with two attached hydrogens (primary N) is 1. The molecule has 3 nitrogen and oxygen atoms in total. The SMILES string of the molecule is Nc1ccc(-c2ccncc2)c2ccncc12. The van der Waals surface area contributed by atoms with E-state index in [1.165, 1.54) is 0 Å². The van der Waals surface area contributed by atoms with E-state index in [-0.39, 0.29) is 0 Å². The third kappa shape index (κ3) is 1.61. The zero-order valence-electron chi connectivity index (χ0n) is 9.17. The van der Waals surface area contributed by atoms with Gasteiger partial charge in [0.1, 0.15) is 0 Å². The highest BCUT2D eigenvalue weighted by Gasteiger charge is 2.05. The number of nitrogen functional groups attached to an aromatic ring is 1. The van der Waals surface area contributed by atoms with E-state index in [2.05, 4.69) is 9.97 Å². The molecule has 0 unspecified atom stereocenters. The lowest BCUT2D eigenvalue weighted by atomic mass is 9.99. The Hall–Kier alpha value is -2.42. The first-order valence-corrected chi connectivity index (χ1v) is 5.39. The molecule has 3 heteroatoms. The Morgan fingerprint density at radius 3 is 2.35 bits per heavy atom. The van der Waals surface area contributed by atoms with Crippen LogP contribution in [0.2, 0.25) is 0 Å². The molecule has 0 aliphatic heterocycles. The van der Waals surface area contributed by atoms with E-state index in [0.717, 1.165) is 27.6 Å². The third-order valence-corrected chi connectivity index (χ3v) is 2.84. The maximum atomic E-state index is 5.95. The second kappa shape index (κ2) is 3.87. The summed E-state index contributed by atoms with van der Waals surface area (Å²) in [5.74, 6) is 0. The molecule has 0 aliphatic rings. The molecule has 82 valence electrons. The Kier molecular flexibility index (Phi) is 2.22. The normalized spacial score (nSPS) is 10.6. The summed E-state index contributed by atoms with van der Waals surface area (Å²) in [6, 6.07) is 9.92. The molecule has 0 spiro atoms. The van der Waals surface area contributed by atoms with E-state index in [1.807, 2.05) is 30.3 Å². The van der Waals surface area contributed by atoms with Crippen molar-refractivity contribution in [3.63, 3.8) is 0 Å². The Balaban J connectivity index is 2.35. The smallest absolute Gasteiger partial charge is 0.0409 e. The second-order valence-electron chi connectivity index (χ2n) is 3.86. The molecule has 0 radical (unpaired) electrons. The van der Waals surface area contributed by atoms with Crippen molar-refractivity contribution in [2.45, 2.75) is 0 Å². The average molecular weight is 221 g/mol. The molecule has 2 aromatic heterocycles. The molecule has 17 heavy (non-hydrogen) atoms. The molecule has 3 aromatic rings. The van der Waals surface area contributed by atoms with E-state index < -0.39 is 0 Å². The van der Waals surface area contributed by atoms with Crippen molar-refractivity contribution in [1.29, 1.82) is 0 Å². The maximum Gasteiger partial charge on any atom is 0.0409 e. The molecule has 3 rings (SSSR count).